The minimum absolute atomic E-state index is 0.0465. The molecule has 0 radical (unpaired) electrons. The predicted molar refractivity (Wildman–Crippen MR) is 95.6 cm³/mol. The van der Waals surface area contributed by atoms with Crippen LogP contribution >= 0.6 is 0 Å². The molecule has 0 aromatic heterocycles. The molecule has 0 aliphatic heterocycles. The molecule has 0 saturated heterocycles. The van der Waals surface area contributed by atoms with Crippen molar-refractivity contribution in [3.8, 4) is 6.07 Å². The molecule has 1 amide bonds. The highest BCUT2D eigenvalue weighted by Crippen LogP contribution is 2.19. The third-order valence-electron chi connectivity index (χ3n) is 3.35. The summed E-state index contributed by atoms with van der Waals surface area (Å²) in [5, 5.41) is 22.7. The highest BCUT2D eigenvalue weighted by molar-refractivity contribution is 6.06. The molecule has 0 saturated carbocycles. The number of rotatable bonds is 5. The molecule has 2 rings (SSSR count). The smallest absolute Gasteiger partial charge is 0.276 e. The fraction of sp³-hybridized carbons (Fsp3) is 0.0526. The van der Waals surface area contributed by atoms with Crippen LogP contribution in [-0.4, -0.2) is 10.8 Å². The number of carbonyl (C=O) groups excluding carboxylic acids is 1. The summed E-state index contributed by atoms with van der Waals surface area (Å²) in [6.45, 7) is 1.93. The number of para-hydroxylation sites is 1. The van der Waals surface area contributed by atoms with Crippen LogP contribution in [0.5, 0.6) is 0 Å². The molecule has 0 atom stereocenters. The van der Waals surface area contributed by atoms with Crippen LogP contribution < -0.4 is 5.32 Å². The van der Waals surface area contributed by atoms with Gasteiger partial charge in [0.25, 0.3) is 11.6 Å². The van der Waals surface area contributed by atoms with E-state index in [0.717, 1.165) is 5.56 Å². The zero-order chi connectivity index (χ0) is 18.2. The largest absolute Gasteiger partial charge is 0.321 e. The normalized spacial score (nSPS) is 11.1. The van der Waals surface area contributed by atoms with E-state index in [1.165, 1.54) is 24.3 Å². The van der Waals surface area contributed by atoms with E-state index < -0.39 is 10.8 Å². The van der Waals surface area contributed by atoms with Crippen LogP contribution in [0.15, 0.2) is 66.3 Å². The first-order valence-corrected chi connectivity index (χ1v) is 7.41. The molecule has 0 unspecified atom stereocenters. The van der Waals surface area contributed by atoms with Crippen molar-refractivity contribution >= 4 is 23.4 Å². The number of hydrogen-bond donors (Lipinski definition) is 1. The number of nitrogens with one attached hydrogen (secondary N) is 1. The molecule has 25 heavy (non-hydrogen) atoms. The Labute approximate surface area is 144 Å². The molecular formula is C19H15N3O3. The number of nitrogens with zero attached hydrogens (tertiary/aromatic N) is 2. The van der Waals surface area contributed by atoms with Gasteiger partial charge in [-0.3, -0.25) is 14.9 Å². The Morgan fingerprint density at radius 3 is 2.52 bits per heavy atom. The monoisotopic (exact) mass is 333 g/mol. The number of aryl methyl sites for hydroxylation is 1. The van der Waals surface area contributed by atoms with Gasteiger partial charge in [0, 0.05) is 11.8 Å². The Hall–Kier alpha value is -3.72. The van der Waals surface area contributed by atoms with Crippen LogP contribution in [-0.2, 0) is 4.79 Å². The number of nitriles is 1. The van der Waals surface area contributed by atoms with E-state index in [4.69, 9.17) is 5.26 Å². The lowest BCUT2D eigenvalue weighted by Crippen LogP contribution is -2.13. The van der Waals surface area contributed by atoms with Crippen molar-refractivity contribution in [3.05, 3.63) is 87.5 Å². The SMILES string of the molecule is Cc1ccc(NC(=O)/C(C#N)=C/C=Cc2ccccc2[N+](=O)[O-])cc1. The summed E-state index contributed by atoms with van der Waals surface area (Å²) in [6.07, 6.45) is 4.24. The van der Waals surface area contributed by atoms with Gasteiger partial charge >= 0.3 is 0 Å². The van der Waals surface area contributed by atoms with Gasteiger partial charge in [0.05, 0.1) is 10.5 Å². The van der Waals surface area contributed by atoms with Gasteiger partial charge in [0.15, 0.2) is 0 Å². The van der Waals surface area contributed by atoms with E-state index >= 15 is 0 Å². The molecule has 124 valence electrons. The molecule has 0 fully saturated rings. The molecular weight excluding hydrogens is 318 g/mol. The molecule has 0 spiro atoms. The molecule has 0 bridgehead atoms. The van der Waals surface area contributed by atoms with Crippen molar-refractivity contribution < 1.29 is 9.72 Å². The number of nitro groups is 1. The van der Waals surface area contributed by atoms with Crippen LogP contribution in [0.3, 0.4) is 0 Å². The summed E-state index contributed by atoms with van der Waals surface area (Å²) in [5.41, 5.74) is 1.88. The van der Waals surface area contributed by atoms with E-state index in [-0.39, 0.29) is 11.3 Å². The summed E-state index contributed by atoms with van der Waals surface area (Å²) in [7, 11) is 0. The number of nitro benzene ring substituents is 1. The van der Waals surface area contributed by atoms with Gasteiger partial charge in [-0.1, -0.05) is 35.9 Å². The number of allylic oxidation sites excluding steroid dienone is 2. The number of benzene rings is 2. The number of anilines is 1. The fourth-order valence-electron chi connectivity index (χ4n) is 2.04. The standard InChI is InChI=1S/C19H15N3O3/c1-14-9-11-17(12-10-14)21-19(23)16(13-20)7-4-6-15-5-2-3-8-18(15)22(24)25/h2-12H,1H3,(H,21,23)/b6-4?,16-7+. The van der Waals surface area contributed by atoms with Gasteiger partial charge in [-0.05, 0) is 37.3 Å². The lowest BCUT2D eigenvalue weighted by molar-refractivity contribution is -0.385. The predicted octanol–water partition coefficient (Wildman–Crippen LogP) is 4.01. The van der Waals surface area contributed by atoms with Gasteiger partial charge in [0.1, 0.15) is 11.6 Å². The molecule has 0 aliphatic rings. The Balaban J connectivity index is 2.15. The first-order chi connectivity index (χ1) is 12.0. The van der Waals surface area contributed by atoms with Crippen molar-refractivity contribution in [1.29, 1.82) is 5.26 Å². The van der Waals surface area contributed by atoms with E-state index in [9.17, 15) is 14.9 Å². The van der Waals surface area contributed by atoms with Crippen LogP contribution in [0, 0.1) is 28.4 Å². The second-order valence-electron chi connectivity index (χ2n) is 5.19. The first-order valence-electron chi connectivity index (χ1n) is 7.41. The van der Waals surface area contributed by atoms with Crippen LogP contribution in [0.4, 0.5) is 11.4 Å². The molecule has 6 nitrogen and oxygen atoms in total. The molecule has 2 aromatic rings. The minimum atomic E-state index is -0.543. The minimum Gasteiger partial charge on any atom is -0.321 e. The zero-order valence-electron chi connectivity index (χ0n) is 13.5. The van der Waals surface area contributed by atoms with Gasteiger partial charge in [-0.25, -0.2) is 0 Å². The zero-order valence-corrected chi connectivity index (χ0v) is 13.5. The first kappa shape index (κ1) is 17.6. The lowest BCUT2D eigenvalue weighted by atomic mass is 10.1. The lowest BCUT2D eigenvalue weighted by Gasteiger charge is -2.03. The molecule has 0 heterocycles. The number of carbonyl (C=O) groups is 1. The Bertz CT molecular complexity index is 891. The van der Waals surface area contributed by atoms with Crippen molar-refractivity contribution in [2.24, 2.45) is 0 Å². The maximum Gasteiger partial charge on any atom is 0.276 e. The summed E-state index contributed by atoms with van der Waals surface area (Å²) < 4.78 is 0. The third kappa shape index (κ3) is 4.88. The molecule has 6 heteroatoms. The second-order valence-corrected chi connectivity index (χ2v) is 5.19. The Morgan fingerprint density at radius 2 is 1.88 bits per heavy atom. The number of amides is 1. The van der Waals surface area contributed by atoms with E-state index in [2.05, 4.69) is 5.32 Å². The second kappa shape index (κ2) is 8.22. The van der Waals surface area contributed by atoms with Gasteiger partial charge in [0.2, 0.25) is 0 Å². The van der Waals surface area contributed by atoms with Crippen LogP contribution in [0.1, 0.15) is 11.1 Å². The molecule has 1 N–H and O–H groups in total. The van der Waals surface area contributed by atoms with Gasteiger partial charge < -0.3 is 5.32 Å². The summed E-state index contributed by atoms with van der Waals surface area (Å²) in [5.74, 6) is -0.543. The van der Waals surface area contributed by atoms with Crippen molar-refractivity contribution in [2.45, 2.75) is 6.92 Å². The molecule has 0 aliphatic carbocycles. The van der Waals surface area contributed by atoms with E-state index in [1.807, 2.05) is 25.1 Å². The maximum atomic E-state index is 12.1. The Morgan fingerprint density at radius 1 is 1.20 bits per heavy atom. The number of hydrogen-bond acceptors (Lipinski definition) is 4. The summed E-state index contributed by atoms with van der Waals surface area (Å²) >= 11 is 0. The van der Waals surface area contributed by atoms with Crippen molar-refractivity contribution in [2.75, 3.05) is 5.32 Å². The van der Waals surface area contributed by atoms with Crippen LogP contribution in [0.25, 0.3) is 6.08 Å². The van der Waals surface area contributed by atoms with Crippen molar-refractivity contribution in [3.63, 3.8) is 0 Å². The van der Waals surface area contributed by atoms with Crippen molar-refractivity contribution in [1.82, 2.24) is 0 Å². The van der Waals surface area contributed by atoms with Crippen LogP contribution in [0.2, 0.25) is 0 Å². The highest BCUT2D eigenvalue weighted by atomic mass is 16.6. The third-order valence-corrected chi connectivity index (χ3v) is 3.35. The fourth-order valence-corrected chi connectivity index (χ4v) is 2.04. The maximum absolute atomic E-state index is 12.1. The van der Waals surface area contributed by atoms with Gasteiger partial charge in [-0.2, -0.15) is 5.26 Å². The van der Waals surface area contributed by atoms with E-state index in [0.29, 0.717) is 11.3 Å². The topological polar surface area (TPSA) is 96.0 Å². The quantitative estimate of drug-likeness (QED) is 0.294. The summed E-state index contributed by atoms with van der Waals surface area (Å²) in [4.78, 5) is 22.6. The average Bonchev–Trinajstić information content (AvgIpc) is 2.61. The molecule has 2 aromatic carbocycles. The van der Waals surface area contributed by atoms with E-state index in [1.54, 1.807) is 30.3 Å². The van der Waals surface area contributed by atoms with Gasteiger partial charge in [-0.15, -0.1) is 0 Å². The highest BCUT2D eigenvalue weighted by Gasteiger charge is 2.10. The Kier molecular flexibility index (Phi) is 5.80. The summed E-state index contributed by atoms with van der Waals surface area (Å²) in [6, 6.07) is 15.2. The average molecular weight is 333 g/mol.